The first-order valence-corrected chi connectivity index (χ1v) is 7.60. The molecule has 2 nitrogen and oxygen atoms in total. The SMILES string of the molecule is Cc1csc(C(NC(C)C)c2ccc(C)c(C)c2)n1. The molecule has 1 aromatic carbocycles. The predicted octanol–water partition coefficient (Wildman–Crippen LogP) is 4.16. The third-order valence-corrected chi connectivity index (χ3v) is 4.28. The smallest absolute Gasteiger partial charge is 0.114 e. The number of nitrogens with one attached hydrogen (secondary N) is 1. The van der Waals surface area contributed by atoms with Crippen molar-refractivity contribution < 1.29 is 0 Å². The van der Waals surface area contributed by atoms with E-state index >= 15 is 0 Å². The molecule has 0 amide bonds. The van der Waals surface area contributed by atoms with Gasteiger partial charge in [-0.25, -0.2) is 4.98 Å². The maximum absolute atomic E-state index is 4.65. The van der Waals surface area contributed by atoms with Crippen LogP contribution in [0.1, 0.15) is 47.3 Å². The van der Waals surface area contributed by atoms with Gasteiger partial charge in [-0.2, -0.15) is 0 Å². The molecule has 0 saturated heterocycles. The van der Waals surface area contributed by atoms with Crippen LogP contribution in [-0.2, 0) is 0 Å². The van der Waals surface area contributed by atoms with E-state index in [0.29, 0.717) is 6.04 Å². The number of aryl methyl sites for hydroxylation is 3. The van der Waals surface area contributed by atoms with Gasteiger partial charge in [0.1, 0.15) is 5.01 Å². The van der Waals surface area contributed by atoms with Crippen LogP contribution in [0.2, 0.25) is 0 Å². The van der Waals surface area contributed by atoms with Gasteiger partial charge in [0, 0.05) is 17.1 Å². The molecule has 1 N–H and O–H groups in total. The van der Waals surface area contributed by atoms with Crippen LogP contribution in [0, 0.1) is 20.8 Å². The second-order valence-electron chi connectivity index (χ2n) is 5.43. The van der Waals surface area contributed by atoms with Gasteiger partial charge in [-0.15, -0.1) is 11.3 Å². The van der Waals surface area contributed by atoms with Gasteiger partial charge in [-0.1, -0.05) is 18.2 Å². The highest BCUT2D eigenvalue weighted by Crippen LogP contribution is 2.27. The Bertz CT molecular complexity index is 558. The van der Waals surface area contributed by atoms with Crippen LogP contribution < -0.4 is 5.32 Å². The van der Waals surface area contributed by atoms with Gasteiger partial charge < -0.3 is 5.32 Å². The van der Waals surface area contributed by atoms with Gasteiger partial charge in [-0.05, 0) is 51.3 Å². The molecular weight excluding hydrogens is 252 g/mol. The van der Waals surface area contributed by atoms with E-state index in [1.807, 2.05) is 6.92 Å². The molecule has 1 heterocycles. The van der Waals surface area contributed by atoms with Crippen molar-refractivity contribution in [1.29, 1.82) is 0 Å². The molecule has 0 aliphatic carbocycles. The number of thiazole rings is 1. The van der Waals surface area contributed by atoms with Crippen LogP contribution in [0.3, 0.4) is 0 Å². The fourth-order valence-electron chi connectivity index (χ4n) is 2.09. The number of aromatic nitrogens is 1. The van der Waals surface area contributed by atoms with Crippen LogP contribution in [0.15, 0.2) is 23.6 Å². The maximum Gasteiger partial charge on any atom is 0.114 e. The lowest BCUT2D eigenvalue weighted by Gasteiger charge is -2.20. The summed E-state index contributed by atoms with van der Waals surface area (Å²) in [5.41, 5.74) is 5.06. The summed E-state index contributed by atoms with van der Waals surface area (Å²) in [6, 6.07) is 7.29. The Kier molecular flexibility index (Phi) is 4.38. The first kappa shape index (κ1) is 14.2. The van der Waals surface area contributed by atoms with Crippen molar-refractivity contribution in [3.63, 3.8) is 0 Å². The summed E-state index contributed by atoms with van der Waals surface area (Å²) in [6.45, 7) is 10.7. The molecule has 0 radical (unpaired) electrons. The molecule has 19 heavy (non-hydrogen) atoms. The second kappa shape index (κ2) is 5.85. The topological polar surface area (TPSA) is 24.9 Å². The molecule has 0 fully saturated rings. The lowest BCUT2D eigenvalue weighted by Crippen LogP contribution is -2.29. The number of nitrogens with zero attached hydrogens (tertiary/aromatic N) is 1. The molecule has 1 aromatic heterocycles. The highest BCUT2D eigenvalue weighted by Gasteiger charge is 2.18. The quantitative estimate of drug-likeness (QED) is 0.905. The zero-order valence-electron chi connectivity index (χ0n) is 12.3. The predicted molar refractivity (Wildman–Crippen MR) is 82.9 cm³/mol. The van der Waals surface area contributed by atoms with Crippen molar-refractivity contribution in [3.05, 3.63) is 51.0 Å². The van der Waals surface area contributed by atoms with Crippen LogP contribution in [0.5, 0.6) is 0 Å². The summed E-state index contributed by atoms with van der Waals surface area (Å²) >= 11 is 1.73. The maximum atomic E-state index is 4.65. The number of benzene rings is 1. The molecule has 2 rings (SSSR count). The van der Waals surface area contributed by atoms with E-state index in [2.05, 4.69) is 61.6 Å². The standard InChI is InChI=1S/C16H22N2S/c1-10(2)17-15(16-18-13(5)9-19-16)14-7-6-11(3)12(4)8-14/h6-10,15,17H,1-5H3. The third-order valence-electron chi connectivity index (χ3n) is 3.25. The zero-order chi connectivity index (χ0) is 14.0. The van der Waals surface area contributed by atoms with Gasteiger partial charge in [0.2, 0.25) is 0 Å². The summed E-state index contributed by atoms with van der Waals surface area (Å²) in [5.74, 6) is 0. The lowest BCUT2D eigenvalue weighted by atomic mass is 10.0. The fraction of sp³-hybridized carbons (Fsp3) is 0.438. The van der Waals surface area contributed by atoms with Crippen molar-refractivity contribution in [2.24, 2.45) is 0 Å². The number of hydrogen-bond acceptors (Lipinski definition) is 3. The van der Waals surface area contributed by atoms with E-state index in [0.717, 1.165) is 10.7 Å². The molecule has 0 spiro atoms. The van der Waals surface area contributed by atoms with Crippen molar-refractivity contribution in [2.45, 2.75) is 46.7 Å². The summed E-state index contributed by atoms with van der Waals surface area (Å²) in [5, 5.41) is 6.88. The summed E-state index contributed by atoms with van der Waals surface area (Å²) < 4.78 is 0. The molecule has 3 heteroatoms. The Balaban J connectivity index is 2.39. The number of hydrogen-bond donors (Lipinski definition) is 1. The minimum Gasteiger partial charge on any atom is -0.302 e. The first-order valence-electron chi connectivity index (χ1n) is 6.72. The van der Waals surface area contributed by atoms with Crippen molar-refractivity contribution in [3.8, 4) is 0 Å². The Morgan fingerprint density at radius 2 is 1.84 bits per heavy atom. The van der Waals surface area contributed by atoms with E-state index in [9.17, 15) is 0 Å². The lowest BCUT2D eigenvalue weighted by molar-refractivity contribution is 0.526. The van der Waals surface area contributed by atoms with E-state index in [1.54, 1.807) is 11.3 Å². The fourth-order valence-corrected chi connectivity index (χ4v) is 2.97. The molecule has 102 valence electrons. The van der Waals surface area contributed by atoms with Gasteiger partial charge in [0.15, 0.2) is 0 Å². The minimum absolute atomic E-state index is 0.193. The normalized spacial score (nSPS) is 12.9. The Hall–Kier alpha value is -1.19. The average molecular weight is 274 g/mol. The molecule has 0 aliphatic heterocycles. The molecule has 0 aliphatic rings. The molecular formula is C16H22N2S. The van der Waals surface area contributed by atoms with Crippen LogP contribution in [-0.4, -0.2) is 11.0 Å². The Labute approximate surface area is 119 Å². The number of rotatable bonds is 4. The van der Waals surface area contributed by atoms with Crippen molar-refractivity contribution in [2.75, 3.05) is 0 Å². The molecule has 1 atom stereocenters. The zero-order valence-corrected chi connectivity index (χ0v) is 13.1. The molecule has 1 unspecified atom stereocenters. The van der Waals surface area contributed by atoms with E-state index in [1.165, 1.54) is 16.7 Å². The minimum atomic E-state index is 0.193. The molecule has 0 bridgehead atoms. The second-order valence-corrected chi connectivity index (χ2v) is 6.31. The van der Waals surface area contributed by atoms with Gasteiger partial charge in [0.05, 0.1) is 6.04 Å². The molecule has 0 saturated carbocycles. The monoisotopic (exact) mass is 274 g/mol. The van der Waals surface area contributed by atoms with Crippen LogP contribution in [0.25, 0.3) is 0 Å². The van der Waals surface area contributed by atoms with E-state index < -0.39 is 0 Å². The van der Waals surface area contributed by atoms with Crippen molar-refractivity contribution >= 4 is 11.3 Å². The van der Waals surface area contributed by atoms with E-state index in [4.69, 9.17) is 0 Å². The third kappa shape index (κ3) is 3.43. The first-order chi connectivity index (χ1) is 8.97. The summed E-state index contributed by atoms with van der Waals surface area (Å²) in [6.07, 6.45) is 0. The van der Waals surface area contributed by atoms with Gasteiger partial charge >= 0.3 is 0 Å². The Morgan fingerprint density at radius 3 is 2.37 bits per heavy atom. The highest BCUT2D eigenvalue weighted by atomic mass is 32.1. The van der Waals surface area contributed by atoms with Gasteiger partial charge in [-0.3, -0.25) is 0 Å². The van der Waals surface area contributed by atoms with Crippen LogP contribution >= 0.6 is 11.3 Å². The Morgan fingerprint density at radius 1 is 1.11 bits per heavy atom. The summed E-state index contributed by atoms with van der Waals surface area (Å²) in [4.78, 5) is 4.65. The van der Waals surface area contributed by atoms with Gasteiger partial charge in [0.25, 0.3) is 0 Å². The highest BCUT2D eigenvalue weighted by molar-refractivity contribution is 7.09. The largest absolute Gasteiger partial charge is 0.302 e. The molecule has 2 aromatic rings. The van der Waals surface area contributed by atoms with Crippen LogP contribution in [0.4, 0.5) is 0 Å². The van der Waals surface area contributed by atoms with Crippen molar-refractivity contribution in [1.82, 2.24) is 10.3 Å². The summed E-state index contributed by atoms with van der Waals surface area (Å²) in [7, 11) is 0. The average Bonchev–Trinajstić information content (AvgIpc) is 2.76. The van der Waals surface area contributed by atoms with E-state index in [-0.39, 0.29) is 6.04 Å².